The van der Waals surface area contributed by atoms with Crippen molar-refractivity contribution in [3.63, 3.8) is 0 Å². The van der Waals surface area contributed by atoms with Crippen LogP contribution >= 0.6 is 0 Å². The molecule has 4 aromatic rings. The van der Waals surface area contributed by atoms with Crippen molar-refractivity contribution >= 4 is 11.6 Å². The monoisotopic (exact) mass is 576 g/mol. The number of amides is 1. The molecule has 0 radical (unpaired) electrons. The number of hydrogen-bond acceptors (Lipinski definition) is 4. The number of ether oxygens (including phenoxy) is 1. The molecule has 5 rings (SSSR count). The molecule has 4 N–H and O–H groups in total. The van der Waals surface area contributed by atoms with Gasteiger partial charge in [-0.1, -0.05) is 18.7 Å². The zero-order valence-corrected chi connectivity index (χ0v) is 23.4. The lowest BCUT2D eigenvalue weighted by Crippen LogP contribution is -2.48. The molecule has 1 aliphatic carbocycles. The van der Waals surface area contributed by atoms with Crippen LogP contribution in [0.25, 0.3) is 16.8 Å². The summed E-state index contributed by atoms with van der Waals surface area (Å²) in [6, 6.07) is 10.4. The van der Waals surface area contributed by atoms with E-state index in [1.54, 1.807) is 35.1 Å². The number of nitrogens with one attached hydrogen (secondary N) is 2. The lowest BCUT2D eigenvalue weighted by Gasteiger charge is -2.21. The molecule has 0 unspecified atom stereocenters. The maximum absolute atomic E-state index is 14.4. The molecule has 10 heteroatoms. The summed E-state index contributed by atoms with van der Waals surface area (Å²) in [6.07, 6.45) is 5.38. The van der Waals surface area contributed by atoms with Gasteiger partial charge in [-0.25, -0.2) is 13.2 Å². The van der Waals surface area contributed by atoms with Crippen molar-refractivity contribution in [1.29, 1.82) is 0 Å². The minimum atomic E-state index is -0.776. The second-order valence-corrected chi connectivity index (χ2v) is 10.4. The van der Waals surface area contributed by atoms with Crippen molar-refractivity contribution in [2.24, 2.45) is 5.73 Å². The van der Waals surface area contributed by atoms with Crippen molar-refractivity contribution in [3.05, 3.63) is 107 Å². The topological polar surface area (TPSA) is 96.9 Å². The quantitative estimate of drug-likeness (QED) is 0.229. The van der Waals surface area contributed by atoms with E-state index in [2.05, 4.69) is 22.0 Å². The van der Waals surface area contributed by atoms with E-state index < -0.39 is 23.5 Å². The molecular formula is C32H33F3N5O2+. The molecule has 7 nitrogen and oxygen atoms in total. The summed E-state index contributed by atoms with van der Waals surface area (Å²) in [7, 11) is 0. The van der Waals surface area contributed by atoms with Crippen LogP contribution < -0.4 is 20.5 Å². The second-order valence-electron chi connectivity index (χ2n) is 10.4. The summed E-state index contributed by atoms with van der Waals surface area (Å²) < 4.78 is 50.3. The van der Waals surface area contributed by atoms with Crippen LogP contribution in [0.4, 0.5) is 13.2 Å². The van der Waals surface area contributed by atoms with Gasteiger partial charge >= 0.3 is 0 Å². The molecule has 0 bridgehead atoms. The van der Waals surface area contributed by atoms with Crippen molar-refractivity contribution < 1.29 is 27.4 Å². The number of fused-ring (bicyclic) bond motifs is 1. The van der Waals surface area contributed by atoms with Gasteiger partial charge in [0, 0.05) is 35.5 Å². The normalized spacial score (nSPS) is 13.3. The number of aromatic nitrogens is 3. The molecule has 42 heavy (non-hydrogen) atoms. The number of rotatable bonds is 10. The number of nitrogens with two attached hydrogens (primary N) is 1. The Labute approximate surface area is 242 Å². The van der Waals surface area contributed by atoms with Crippen LogP contribution in [0.1, 0.15) is 53.9 Å². The lowest BCUT2D eigenvalue weighted by atomic mass is 9.94. The first-order valence-electron chi connectivity index (χ1n) is 13.9. The maximum atomic E-state index is 14.4. The number of hydrogen-bond donors (Lipinski definition) is 3. The van der Waals surface area contributed by atoms with Gasteiger partial charge in [-0.2, -0.15) is 0 Å². The SMILES string of the molecule is C=C(N)c1cc(-c2cccnc2[C@H](Cc2cc(F)cc(F)c2)NC(=O)C[n+]2[nH]c(OCC)c3c2CCCC3)ccc1F. The molecular weight excluding hydrogens is 543 g/mol. The predicted octanol–water partition coefficient (Wildman–Crippen LogP) is 5.09. The molecule has 0 aliphatic heterocycles. The van der Waals surface area contributed by atoms with Gasteiger partial charge in [0.2, 0.25) is 12.2 Å². The summed E-state index contributed by atoms with van der Waals surface area (Å²) in [6.45, 7) is 6.04. The summed E-state index contributed by atoms with van der Waals surface area (Å²) in [4.78, 5) is 18.1. The van der Waals surface area contributed by atoms with Crippen molar-refractivity contribution in [3.8, 4) is 17.0 Å². The third-order valence-corrected chi connectivity index (χ3v) is 7.35. The number of H-pyrrole nitrogens is 1. The van der Waals surface area contributed by atoms with Gasteiger partial charge < -0.3 is 15.8 Å². The highest BCUT2D eigenvalue weighted by Gasteiger charge is 2.31. The first-order chi connectivity index (χ1) is 20.2. The molecule has 0 fully saturated rings. The number of pyridine rings is 1. The Morgan fingerprint density at radius 1 is 1.14 bits per heavy atom. The van der Waals surface area contributed by atoms with E-state index in [0.717, 1.165) is 43.0 Å². The largest absolute Gasteiger partial charge is 0.476 e. The van der Waals surface area contributed by atoms with E-state index in [1.807, 2.05) is 6.92 Å². The number of halogens is 3. The summed E-state index contributed by atoms with van der Waals surface area (Å²) in [5, 5.41) is 6.26. The average Bonchev–Trinajstić information content (AvgIpc) is 3.29. The Hall–Kier alpha value is -4.60. The Balaban J connectivity index is 1.51. The van der Waals surface area contributed by atoms with Crippen molar-refractivity contribution in [2.45, 2.75) is 51.6 Å². The smallest absolute Gasteiger partial charge is 0.288 e. The lowest BCUT2D eigenvalue weighted by molar-refractivity contribution is -0.745. The third-order valence-electron chi connectivity index (χ3n) is 7.35. The Kier molecular flexibility index (Phi) is 8.61. The molecule has 2 heterocycles. The third kappa shape index (κ3) is 6.32. The standard InChI is InChI=1S/C32H32F3N5O2/c1-3-42-32-25-7-4-5-9-29(25)40(39-32)18-30(41)38-28(15-20-13-22(33)17-23(34)14-20)31-24(8-6-12-37-31)21-10-11-27(35)26(16-21)19(2)36/h6,8,10-14,16-17,28H,2-5,7,9,15,18,36H2,1H3,(H,38,41)/p+1/t28-/m0/s1. The van der Waals surface area contributed by atoms with Gasteiger partial charge in [0.15, 0.2) is 0 Å². The molecule has 0 spiro atoms. The number of carbonyl (C=O) groups is 1. The molecule has 2 aromatic heterocycles. The predicted molar refractivity (Wildman–Crippen MR) is 153 cm³/mol. The van der Waals surface area contributed by atoms with Crippen LogP contribution in [0.3, 0.4) is 0 Å². The average molecular weight is 577 g/mol. The number of benzene rings is 2. The van der Waals surface area contributed by atoms with Crippen LogP contribution in [0.5, 0.6) is 5.88 Å². The van der Waals surface area contributed by atoms with Crippen LogP contribution in [-0.2, 0) is 30.6 Å². The fraction of sp³-hybridized carbons (Fsp3) is 0.281. The van der Waals surface area contributed by atoms with E-state index in [-0.39, 0.29) is 30.1 Å². The highest BCUT2D eigenvalue weighted by molar-refractivity contribution is 5.76. The highest BCUT2D eigenvalue weighted by atomic mass is 19.1. The van der Waals surface area contributed by atoms with Gasteiger partial charge in [-0.3, -0.25) is 9.78 Å². The molecule has 1 amide bonds. The second kappa shape index (κ2) is 12.5. The van der Waals surface area contributed by atoms with Crippen LogP contribution in [0.2, 0.25) is 0 Å². The van der Waals surface area contributed by atoms with Gasteiger partial charge in [0.05, 0.1) is 23.9 Å². The van der Waals surface area contributed by atoms with Crippen molar-refractivity contribution in [2.75, 3.05) is 6.61 Å². The number of carbonyl (C=O) groups excluding carboxylic acids is 1. The Bertz CT molecular complexity index is 1610. The molecule has 0 saturated heterocycles. The summed E-state index contributed by atoms with van der Waals surface area (Å²) >= 11 is 0. The highest BCUT2D eigenvalue weighted by Crippen LogP contribution is 2.31. The minimum Gasteiger partial charge on any atom is -0.476 e. The van der Waals surface area contributed by atoms with Crippen LogP contribution in [-0.4, -0.2) is 22.6 Å². The molecule has 0 saturated carbocycles. The molecule has 1 atom stereocenters. The summed E-state index contributed by atoms with van der Waals surface area (Å²) in [5.41, 5.74) is 10.1. The van der Waals surface area contributed by atoms with Gasteiger partial charge in [0.1, 0.15) is 17.5 Å². The van der Waals surface area contributed by atoms with Gasteiger partial charge in [0.25, 0.3) is 11.8 Å². The Morgan fingerprint density at radius 3 is 2.64 bits per heavy atom. The van der Waals surface area contributed by atoms with Gasteiger partial charge in [-0.15, -0.1) is 9.78 Å². The fourth-order valence-corrected chi connectivity index (χ4v) is 5.53. The van der Waals surface area contributed by atoms with E-state index in [4.69, 9.17) is 10.5 Å². The van der Waals surface area contributed by atoms with Crippen LogP contribution in [0, 0.1) is 17.5 Å². The maximum Gasteiger partial charge on any atom is 0.288 e. The zero-order chi connectivity index (χ0) is 29.8. The molecule has 1 aliphatic rings. The minimum absolute atomic E-state index is 0.0146. The number of aromatic amines is 1. The van der Waals surface area contributed by atoms with Crippen LogP contribution in [0.15, 0.2) is 61.3 Å². The Morgan fingerprint density at radius 2 is 1.90 bits per heavy atom. The molecule has 2 aromatic carbocycles. The van der Waals surface area contributed by atoms with Crippen molar-refractivity contribution in [1.82, 2.24) is 15.4 Å². The summed E-state index contributed by atoms with van der Waals surface area (Å²) in [5.74, 6) is -1.62. The van der Waals surface area contributed by atoms with E-state index in [9.17, 15) is 18.0 Å². The van der Waals surface area contributed by atoms with E-state index in [1.165, 1.54) is 18.2 Å². The van der Waals surface area contributed by atoms with Gasteiger partial charge in [-0.05, 0) is 74.1 Å². The first kappa shape index (κ1) is 28.9. The number of nitrogens with zero attached hydrogens (tertiary/aromatic N) is 2. The van der Waals surface area contributed by atoms with E-state index >= 15 is 0 Å². The molecule has 218 valence electrons. The fourth-order valence-electron chi connectivity index (χ4n) is 5.53. The first-order valence-corrected chi connectivity index (χ1v) is 13.9. The zero-order valence-electron chi connectivity index (χ0n) is 23.4. The van der Waals surface area contributed by atoms with E-state index in [0.29, 0.717) is 34.9 Å².